The Labute approximate surface area is 80.7 Å². The molecule has 84 valence electrons. The molecule has 6 heteroatoms. The normalized spacial score (nSPS) is 20.1. The molecule has 0 aromatic heterocycles. The maximum absolute atomic E-state index is 12.1. The summed E-state index contributed by atoms with van der Waals surface area (Å²) in [6, 6.07) is -0.0159. The van der Waals surface area contributed by atoms with Crippen LogP contribution in [0.5, 0.6) is 0 Å². The zero-order valence-corrected chi connectivity index (χ0v) is 7.80. The van der Waals surface area contributed by atoms with E-state index < -0.39 is 18.8 Å². The number of nitrogens with two attached hydrogens (primary N) is 1. The molecule has 0 bridgehead atoms. The van der Waals surface area contributed by atoms with Gasteiger partial charge in [0.15, 0.2) is 0 Å². The van der Waals surface area contributed by atoms with Crippen molar-refractivity contribution in [2.24, 2.45) is 5.73 Å². The standard InChI is InChI=1S/C8H15F3N2O/c9-8(10,11)5-13(6-1-2-6)4-7(14)3-12/h6-7,14H,1-5,12H2. The van der Waals surface area contributed by atoms with E-state index in [4.69, 9.17) is 10.8 Å². The average molecular weight is 212 g/mol. The van der Waals surface area contributed by atoms with Crippen molar-refractivity contribution < 1.29 is 18.3 Å². The van der Waals surface area contributed by atoms with Gasteiger partial charge in [-0.2, -0.15) is 13.2 Å². The van der Waals surface area contributed by atoms with Crippen LogP contribution in [-0.2, 0) is 0 Å². The number of hydrogen-bond acceptors (Lipinski definition) is 3. The van der Waals surface area contributed by atoms with Gasteiger partial charge in [-0.15, -0.1) is 0 Å². The third kappa shape index (κ3) is 4.26. The summed E-state index contributed by atoms with van der Waals surface area (Å²) >= 11 is 0. The molecule has 0 heterocycles. The van der Waals surface area contributed by atoms with Crippen molar-refractivity contribution in [2.75, 3.05) is 19.6 Å². The van der Waals surface area contributed by atoms with Crippen LogP contribution in [0.25, 0.3) is 0 Å². The van der Waals surface area contributed by atoms with E-state index in [9.17, 15) is 13.2 Å². The smallest absolute Gasteiger partial charge is 0.390 e. The first-order valence-corrected chi connectivity index (χ1v) is 4.61. The number of halogens is 3. The molecule has 0 aromatic rings. The number of aliphatic hydroxyl groups is 1. The highest BCUT2D eigenvalue weighted by molar-refractivity contribution is 4.86. The lowest BCUT2D eigenvalue weighted by Crippen LogP contribution is -2.42. The van der Waals surface area contributed by atoms with E-state index in [0.29, 0.717) is 0 Å². The van der Waals surface area contributed by atoms with Crippen molar-refractivity contribution in [3.63, 3.8) is 0 Å². The summed E-state index contributed by atoms with van der Waals surface area (Å²) in [6.07, 6.45) is -3.49. The first-order valence-electron chi connectivity index (χ1n) is 4.61. The van der Waals surface area contributed by atoms with E-state index in [0.717, 1.165) is 12.8 Å². The van der Waals surface area contributed by atoms with E-state index in [1.54, 1.807) is 0 Å². The molecule has 1 saturated carbocycles. The maximum atomic E-state index is 12.1. The maximum Gasteiger partial charge on any atom is 0.401 e. The number of alkyl halides is 3. The lowest BCUT2D eigenvalue weighted by atomic mass is 10.3. The summed E-state index contributed by atoms with van der Waals surface area (Å²) < 4.78 is 36.3. The molecule has 0 radical (unpaired) electrons. The number of rotatable bonds is 5. The minimum atomic E-state index is -4.20. The zero-order valence-electron chi connectivity index (χ0n) is 7.80. The van der Waals surface area contributed by atoms with Gasteiger partial charge < -0.3 is 10.8 Å². The fourth-order valence-electron chi connectivity index (χ4n) is 1.36. The molecular weight excluding hydrogens is 197 g/mol. The molecule has 3 N–H and O–H groups in total. The third-order valence-electron chi connectivity index (χ3n) is 2.16. The first-order chi connectivity index (χ1) is 6.42. The van der Waals surface area contributed by atoms with Crippen LogP contribution in [0.2, 0.25) is 0 Å². The molecule has 3 nitrogen and oxygen atoms in total. The van der Waals surface area contributed by atoms with Crippen LogP contribution in [-0.4, -0.2) is 48.0 Å². The Balaban J connectivity index is 2.39. The van der Waals surface area contributed by atoms with Gasteiger partial charge in [-0.25, -0.2) is 0 Å². The SMILES string of the molecule is NCC(O)CN(CC(F)(F)F)C1CC1. The second-order valence-corrected chi connectivity index (χ2v) is 3.67. The van der Waals surface area contributed by atoms with Crippen molar-refractivity contribution in [2.45, 2.75) is 31.2 Å². The molecular formula is C8H15F3N2O. The molecule has 0 spiro atoms. The van der Waals surface area contributed by atoms with Gasteiger partial charge in [0.2, 0.25) is 0 Å². The Hall–Kier alpha value is -0.330. The van der Waals surface area contributed by atoms with Gasteiger partial charge in [-0.05, 0) is 12.8 Å². The largest absolute Gasteiger partial charge is 0.401 e. The van der Waals surface area contributed by atoms with Gasteiger partial charge in [-0.3, -0.25) is 4.90 Å². The van der Waals surface area contributed by atoms with Gasteiger partial charge in [0.1, 0.15) is 0 Å². The van der Waals surface area contributed by atoms with Crippen LogP contribution in [0.15, 0.2) is 0 Å². The summed E-state index contributed by atoms with van der Waals surface area (Å²) in [4.78, 5) is 1.26. The highest BCUT2D eigenvalue weighted by Gasteiger charge is 2.38. The molecule has 0 aromatic carbocycles. The average Bonchev–Trinajstić information content (AvgIpc) is 2.82. The molecule has 1 aliphatic carbocycles. The van der Waals surface area contributed by atoms with Crippen molar-refractivity contribution in [3.8, 4) is 0 Å². The van der Waals surface area contributed by atoms with Gasteiger partial charge in [0.05, 0.1) is 12.6 Å². The van der Waals surface area contributed by atoms with Crippen LogP contribution in [0.4, 0.5) is 13.2 Å². The van der Waals surface area contributed by atoms with Gasteiger partial charge in [-0.1, -0.05) is 0 Å². The Bertz CT molecular complexity index is 182. The van der Waals surface area contributed by atoms with E-state index in [2.05, 4.69) is 0 Å². The summed E-state index contributed by atoms with van der Waals surface area (Å²) in [5.74, 6) is 0. The monoisotopic (exact) mass is 212 g/mol. The Kier molecular flexibility index (Phi) is 3.74. The number of hydrogen-bond donors (Lipinski definition) is 2. The third-order valence-corrected chi connectivity index (χ3v) is 2.16. The van der Waals surface area contributed by atoms with Gasteiger partial charge in [0, 0.05) is 19.1 Å². The van der Waals surface area contributed by atoms with E-state index in [1.807, 2.05) is 0 Å². The molecule has 1 unspecified atom stereocenters. The van der Waals surface area contributed by atoms with Gasteiger partial charge >= 0.3 is 6.18 Å². The highest BCUT2D eigenvalue weighted by Crippen LogP contribution is 2.29. The van der Waals surface area contributed by atoms with Crippen molar-refractivity contribution in [3.05, 3.63) is 0 Å². The predicted molar refractivity (Wildman–Crippen MR) is 45.7 cm³/mol. The molecule has 0 aliphatic heterocycles. The fraction of sp³-hybridized carbons (Fsp3) is 1.00. The quantitative estimate of drug-likeness (QED) is 0.690. The van der Waals surface area contributed by atoms with Crippen LogP contribution >= 0.6 is 0 Å². The van der Waals surface area contributed by atoms with Crippen LogP contribution < -0.4 is 5.73 Å². The van der Waals surface area contributed by atoms with Crippen molar-refractivity contribution in [1.29, 1.82) is 0 Å². The molecule has 0 amide bonds. The second-order valence-electron chi connectivity index (χ2n) is 3.67. The van der Waals surface area contributed by atoms with Crippen molar-refractivity contribution >= 4 is 0 Å². The van der Waals surface area contributed by atoms with Gasteiger partial charge in [0.25, 0.3) is 0 Å². The Morgan fingerprint density at radius 3 is 2.36 bits per heavy atom. The van der Waals surface area contributed by atoms with E-state index in [-0.39, 0.29) is 19.1 Å². The lowest BCUT2D eigenvalue weighted by Gasteiger charge is -2.25. The van der Waals surface area contributed by atoms with E-state index >= 15 is 0 Å². The number of aliphatic hydroxyl groups excluding tert-OH is 1. The van der Waals surface area contributed by atoms with Crippen molar-refractivity contribution in [1.82, 2.24) is 4.90 Å². The van der Waals surface area contributed by atoms with E-state index in [1.165, 1.54) is 4.90 Å². The summed E-state index contributed by atoms with van der Waals surface area (Å²) in [5, 5.41) is 9.17. The molecule has 1 rings (SSSR count). The predicted octanol–water partition coefficient (Wildman–Crippen LogP) is 0.333. The molecule has 1 fully saturated rings. The molecule has 1 atom stereocenters. The zero-order chi connectivity index (χ0) is 10.8. The first kappa shape index (κ1) is 11.7. The summed E-state index contributed by atoms with van der Waals surface area (Å²) in [6.45, 7) is -0.934. The Morgan fingerprint density at radius 1 is 1.43 bits per heavy atom. The molecule has 14 heavy (non-hydrogen) atoms. The fourth-order valence-corrected chi connectivity index (χ4v) is 1.36. The molecule has 0 saturated heterocycles. The summed E-state index contributed by atoms with van der Waals surface area (Å²) in [7, 11) is 0. The second kappa shape index (κ2) is 4.46. The minimum absolute atomic E-state index is 0.00107. The number of nitrogens with zero attached hydrogens (tertiary/aromatic N) is 1. The van der Waals surface area contributed by atoms with Crippen LogP contribution in [0.3, 0.4) is 0 Å². The highest BCUT2D eigenvalue weighted by atomic mass is 19.4. The lowest BCUT2D eigenvalue weighted by molar-refractivity contribution is -0.149. The Morgan fingerprint density at radius 2 is 2.00 bits per heavy atom. The van der Waals surface area contributed by atoms with Crippen LogP contribution in [0, 0.1) is 0 Å². The summed E-state index contributed by atoms with van der Waals surface area (Å²) in [5.41, 5.74) is 5.15. The van der Waals surface area contributed by atoms with Crippen LogP contribution in [0.1, 0.15) is 12.8 Å². The minimum Gasteiger partial charge on any atom is -0.390 e. The topological polar surface area (TPSA) is 49.5 Å². The molecule has 1 aliphatic rings.